The summed E-state index contributed by atoms with van der Waals surface area (Å²) in [5.41, 5.74) is 6.78. The van der Waals surface area contributed by atoms with Gasteiger partial charge in [-0.3, -0.25) is 10.7 Å². The number of carbonyl (C=O) groups excluding carboxylic acids is 1. The number of nitrogens with one attached hydrogen (secondary N) is 3. The third-order valence-corrected chi connectivity index (χ3v) is 2.61. The topological polar surface area (TPSA) is 143 Å². The van der Waals surface area contributed by atoms with Gasteiger partial charge in [-0.1, -0.05) is 0 Å². The first-order valence-electron chi connectivity index (χ1n) is 6.69. The average Bonchev–Trinajstić information content (AvgIpc) is 2.46. The summed E-state index contributed by atoms with van der Waals surface area (Å²) in [5, 5.41) is 21.6. The number of nitrogen functional groups attached to an aromatic ring is 1. The Labute approximate surface area is 128 Å². The molecule has 0 radical (unpaired) electrons. The summed E-state index contributed by atoms with van der Waals surface area (Å²) in [5.74, 6) is 0.0795. The summed E-state index contributed by atoms with van der Waals surface area (Å²) < 4.78 is 10.1. The van der Waals surface area contributed by atoms with E-state index in [4.69, 9.17) is 25.7 Å². The smallest absolute Gasteiger partial charge is 0.320 e. The van der Waals surface area contributed by atoms with Crippen LogP contribution < -0.4 is 16.4 Å². The molecule has 9 heteroatoms. The lowest BCUT2D eigenvalue weighted by Crippen LogP contribution is -2.29. The lowest BCUT2D eigenvalue weighted by atomic mass is 10.1. The Balaban J connectivity index is 3.07. The number of ether oxygens (including phenoxy) is 2. The van der Waals surface area contributed by atoms with Gasteiger partial charge < -0.3 is 25.6 Å². The maximum absolute atomic E-state index is 11.5. The van der Waals surface area contributed by atoms with Crippen LogP contribution in [0.15, 0.2) is 6.07 Å². The highest BCUT2D eigenvalue weighted by Gasteiger charge is 2.17. The van der Waals surface area contributed by atoms with Crippen molar-refractivity contribution in [2.75, 3.05) is 37.9 Å². The second-order valence-corrected chi connectivity index (χ2v) is 4.21. The fourth-order valence-electron chi connectivity index (χ4n) is 1.71. The zero-order valence-corrected chi connectivity index (χ0v) is 12.6. The second-order valence-electron chi connectivity index (χ2n) is 4.21. The first-order valence-corrected chi connectivity index (χ1v) is 6.69. The summed E-state index contributed by atoms with van der Waals surface area (Å²) in [6.07, 6.45) is 0. The van der Waals surface area contributed by atoms with Crippen molar-refractivity contribution in [3.63, 3.8) is 0 Å². The maximum atomic E-state index is 11.5. The molecule has 1 rings (SSSR count). The van der Waals surface area contributed by atoms with Gasteiger partial charge in [0, 0.05) is 18.3 Å². The van der Waals surface area contributed by atoms with E-state index in [9.17, 15) is 4.79 Å². The number of aliphatic hydroxyl groups excluding tert-OH is 1. The van der Waals surface area contributed by atoms with Crippen LogP contribution in [0.4, 0.5) is 16.3 Å². The average molecular weight is 311 g/mol. The molecular formula is C13H21N5O4. The van der Waals surface area contributed by atoms with E-state index in [1.54, 1.807) is 6.92 Å². The molecule has 0 unspecified atom stereocenters. The van der Waals surface area contributed by atoms with Crippen molar-refractivity contribution in [3.05, 3.63) is 17.3 Å². The number of nitrogens with zero attached hydrogens (tertiary/aromatic N) is 1. The summed E-state index contributed by atoms with van der Waals surface area (Å²) >= 11 is 0. The van der Waals surface area contributed by atoms with Crippen LogP contribution in [0.1, 0.15) is 18.2 Å². The van der Waals surface area contributed by atoms with Gasteiger partial charge >= 0.3 is 6.03 Å². The molecule has 6 N–H and O–H groups in total. The minimum absolute atomic E-state index is 0.0246. The number of aliphatic hydroxyl groups is 1. The number of carbonyl (C=O) groups is 1. The standard InChI is InChI=1S/C13H21N5O4/c1-3-16-13(20)18-10-6-8(14)11(12(15)21-2)9(17-10)7-22-5-4-19/h6,15,19H,3-5,7H2,1-2H3,(H4,14,16,17,18,20). The number of rotatable bonds is 7. The summed E-state index contributed by atoms with van der Waals surface area (Å²) in [6, 6.07) is 1.03. The van der Waals surface area contributed by atoms with Gasteiger partial charge in [-0.25, -0.2) is 9.78 Å². The molecular weight excluding hydrogens is 290 g/mol. The third kappa shape index (κ3) is 4.86. The maximum Gasteiger partial charge on any atom is 0.320 e. The SMILES string of the molecule is CCNC(=O)Nc1cc(N)c(C(=N)OC)c(COCCO)n1. The Morgan fingerprint density at radius 1 is 1.55 bits per heavy atom. The van der Waals surface area contributed by atoms with Gasteiger partial charge in [0.15, 0.2) is 0 Å². The molecule has 0 aromatic carbocycles. The van der Waals surface area contributed by atoms with Crippen molar-refractivity contribution in [1.29, 1.82) is 5.41 Å². The number of methoxy groups -OCH3 is 1. The van der Waals surface area contributed by atoms with Crippen molar-refractivity contribution >= 4 is 23.4 Å². The van der Waals surface area contributed by atoms with Gasteiger partial charge in [-0.2, -0.15) is 0 Å². The van der Waals surface area contributed by atoms with Crippen LogP contribution in [0.5, 0.6) is 0 Å². The lowest BCUT2D eigenvalue weighted by Gasteiger charge is -2.14. The van der Waals surface area contributed by atoms with E-state index < -0.39 is 6.03 Å². The number of hydrogen-bond acceptors (Lipinski definition) is 7. The highest BCUT2D eigenvalue weighted by atomic mass is 16.5. The van der Waals surface area contributed by atoms with Crippen LogP contribution in [0.3, 0.4) is 0 Å². The second kappa shape index (κ2) is 8.80. The minimum atomic E-state index is -0.411. The number of hydrogen-bond donors (Lipinski definition) is 5. The number of anilines is 2. The van der Waals surface area contributed by atoms with Crippen LogP contribution >= 0.6 is 0 Å². The van der Waals surface area contributed by atoms with E-state index in [-0.39, 0.29) is 37.2 Å². The number of aromatic nitrogens is 1. The highest BCUT2D eigenvalue weighted by molar-refractivity contribution is 5.99. The summed E-state index contributed by atoms with van der Waals surface area (Å²) in [4.78, 5) is 15.8. The van der Waals surface area contributed by atoms with Gasteiger partial charge in [0.2, 0.25) is 5.90 Å². The van der Waals surface area contributed by atoms with E-state index in [1.165, 1.54) is 13.2 Å². The van der Waals surface area contributed by atoms with Gasteiger partial charge in [-0.15, -0.1) is 0 Å². The molecule has 1 aromatic heterocycles. The normalized spacial score (nSPS) is 10.1. The van der Waals surface area contributed by atoms with Crippen LogP contribution in [-0.4, -0.2) is 48.9 Å². The number of urea groups is 1. The molecule has 0 aliphatic rings. The van der Waals surface area contributed by atoms with Crippen molar-refractivity contribution in [2.24, 2.45) is 0 Å². The van der Waals surface area contributed by atoms with E-state index in [1.807, 2.05) is 0 Å². The van der Waals surface area contributed by atoms with Crippen LogP contribution in [0.2, 0.25) is 0 Å². The zero-order chi connectivity index (χ0) is 16.5. The Morgan fingerprint density at radius 3 is 2.86 bits per heavy atom. The van der Waals surface area contributed by atoms with E-state index in [2.05, 4.69) is 15.6 Å². The first-order chi connectivity index (χ1) is 10.5. The van der Waals surface area contributed by atoms with Gasteiger partial charge in [0.05, 0.1) is 38.2 Å². The number of amides is 2. The fourth-order valence-corrected chi connectivity index (χ4v) is 1.71. The van der Waals surface area contributed by atoms with Gasteiger partial charge in [0.25, 0.3) is 0 Å². The molecule has 1 aromatic rings. The minimum Gasteiger partial charge on any atom is -0.481 e. The van der Waals surface area contributed by atoms with Crippen LogP contribution in [0.25, 0.3) is 0 Å². The van der Waals surface area contributed by atoms with Crippen LogP contribution in [-0.2, 0) is 16.1 Å². The Bertz CT molecular complexity index is 535. The molecule has 122 valence electrons. The highest BCUT2D eigenvalue weighted by Crippen LogP contribution is 2.21. The molecule has 0 saturated heterocycles. The van der Waals surface area contributed by atoms with Gasteiger partial charge in [0.1, 0.15) is 5.82 Å². The van der Waals surface area contributed by atoms with Crippen molar-refractivity contribution in [2.45, 2.75) is 13.5 Å². The third-order valence-electron chi connectivity index (χ3n) is 2.61. The molecule has 0 aliphatic carbocycles. The van der Waals surface area contributed by atoms with E-state index in [0.717, 1.165) is 0 Å². The fraction of sp³-hybridized carbons (Fsp3) is 0.462. The summed E-state index contributed by atoms with van der Waals surface area (Å²) in [7, 11) is 1.35. The monoisotopic (exact) mass is 311 g/mol. The molecule has 22 heavy (non-hydrogen) atoms. The predicted molar refractivity (Wildman–Crippen MR) is 81.9 cm³/mol. The van der Waals surface area contributed by atoms with E-state index in [0.29, 0.717) is 17.8 Å². The number of pyridine rings is 1. The molecule has 9 nitrogen and oxygen atoms in total. The Hall–Kier alpha value is -2.39. The first kappa shape index (κ1) is 17.7. The zero-order valence-electron chi connectivity index (χ0n) is 12.6. The quantitative estimate of drug-likeness (QED) is 0.278. The van der Waals surface area contributed by atoms with Crippen molar-refractivity contribution in [3.8, 4) is 0 Å². The van der Waals surface area contributed by atoms with Crippen molar-refractivity contribution < 1.29 is 19.4 Å². The summed E-state index contributed by atoms with van der Waals surface area (Å²) in [6.45, 7) is 2.27. The molecule has 1 heterocycles. The lowest BCUT2D eigenvalue weighted by molar-refractivity contribution is 0.0796. The van der Waals surface area contributed by atoms with Gasteiger partial charge in [-0.05, 0) is 6.92 Å². The molecule has 0 aliphatic heterocycles. The molecule has 2 amide bonds. The Kier molecular flexibility index (Phi) is 7.06. The molecule has 0 fully saturated rings. The molecule has 0 atom stereocenters. The largest absolute Gasteiger partial charge is 0.481 e. The molecule has 0 saturated carbocycles. The predicted octanol–water partition coefficient (Wildman–Crippen LogP) is 0.286. The van der Waals surface area contributed by atoms with Crippen molar-refractivity contribution in [1.82, 2.24) is 10.3 Å². The number of nitrogens with two attached hydrogens (primary N) is 1. The molecule has 0 bridgehead atoms. The van der Waals surface area contributed by atoms with E-state index >= 15 is 0 Å². The Morgan fingerprint density at radius 2 is 2.27 bits per heavy atom. The van der Waals surface area contributed by atoms with Crippen LogP contribution in [0, 0.1) is 5.41 Å². The molecule has 0 spiro atoms.